The first kappa shape index (κ1) is 17.4. The van der Waals surface area contributed by atoms with E-state index in [1.807, 2.05) is 6.07 Å². The van der Waals surface area contributed by atoms with Gasteiger partial charge in [-0.2, -0.15) is 5.26 Å². The van der Waals surface area contributed by atoms with Crippen LogP contribution in [-0.2, 0) is 0 Å². The number of nitrogens with zero attached hydrogens (tertiary/aromatic N) is 1. The van der Waals surface area contributed by atoms with Crippen molar-refractivity contribution in [2.45, 2.75) is 0 Å². The summed E-state index contributed by atoms with van der Waals surface area (Å²) in [6.07, 6.45) is 0.749. The fourth-order valence-electron chi connectivity index (χ4n) is 2.21. The van der Waals surface area contributed by atoms with Crippen LogP contribution in [0.2, 0.25) is 0 Å². The molecule has 0 fully saturated rings. The first-order valence-corrected chi connectivity index (χ1v) is 8.61. The molecule has 0 bridgehead atoms. The number of carbonyl (C=O) groups is 3. The molecule has 26 heavy (non-hydrogen) atoms. The lowest BCUT2D eigenvalue weighted by molar-refractivity contribution is 0.0681. The second kappa shape index (κ2) is 6.83. The number of H-pyrrole nitrogens is 2. The van der Waals surface area contributed by atoms with Crippen LogP contribution in [-0.4, -0.2) is 38.4 Å². The number of thiophene rings is 2. The number of nitriles is 1. The number of carboxylic acids is 2. The van der Waals surface area contributed by atoms with Crippen LogP contribution in [0.3, 0.4) is 0 Å². The van der Waals surface area contributed by atoms with Gasteiger partial charge in [-0.25, -0.2) is 9.59 Å². The number of aldehydes is 1. The van der Waals surface area contributed by atoms with Crippen molar-refractivity contribution < 1.29 is 24.6 Å². The fourth-order valence-corrected chi connectivity index (χ4v) is 3.93. The summed E-state index contributed by atoms with van der Waals surface area (Å²) in [5.41, 5.74) is 0.310. The highest BCUT2D eigenvalue weighted by Crippen LogP contribution is 2.25. The zero-order valence-electron chi connectivity index (χ0n) is 12.8. The number of fused-ring (bicyclic) bond motifs is 2. The Bertz CT molecular complexity index is 1120. The molecule has 4 heterocycles. The van der Waals surface area contributed by atoms with Gasteiger partial charge in [0.15, 0.2) is 6.29 Å². The maximum atomic E-state index is 10.5. The van der Waals surface area contributed by atoms with Gasteiger partial charge in [0, 0.05) is 10.8 Å². The molecule has 0 saturated heterocycles. The Balaban J connectivity index is 0.000000151. The van der Waals surface area contributed by atoms with Gasteiger partial charge in [-0.1, -0.05) is 0 Å². The van der Waals surface area contributed by atoms with E-state index in [9.17, 15) is 14.4 Å². The topological polar surface area (TPSA) is 147 Å². The van der Waals surface area contributed by atoms with E-state index in [1.165, 1.54) is 34.8 Å². The van der Waals surface area contributed by atoms with Crippen molar-refractivity contribution in [2.24, 2.45) is 0 Å². The van der Waals surface area contributed by atoms with Crippen molar-refractivity contribution in [1.82, 2.24) is 9.97 Å². The van der Waals surface area contributed by atoms with Crippen molar-refractivity contribution in [3.63, 3.8) is 0 Å². The minimum atomic E-state index is -0.990. The van der Waals surface area contributed by atoms with Crippen molar-refractivity contribution in [2.75, 3.05) is 0 Å². The SMILES string of the molecule is N#Cc1cc2cc(C(=O)O)[nH]c2s1.O=Cc1cc2cc(C(=O)O)[nH]c2s1. The first-order valence-electron chi connectivity index (χ1n) is 6.98. The van der Waals surface area contributed by atoms with Gasteiger partial charge in [-0.15, -0.1) is 22.7 Å². The van der Waals surface area contributed by atoms with Crippen molar-refractivity contribution in [1.29, 1.82) is 5.26 Å². The van der Waals surface area contributed by atoms with Crippen molar-refractivity contribution >= 4 is 61.3 Å². The number of hydrogen-bond donors (Lipinski definition) is 4. The molecule has 4 rings (SSSR count). The highest BCUT2D eigenvalue weighted by molar-refractivity contribution is 7.20. The Morgan fingerprint density at radius 2 is 1.50 bits per heavy atom. The molecule has 4 N–H and O–H groups in total. The summed E-state index contributed by atoms with van der Waals surface area (Å²) in [6, 6.07) is 8.37. The molecule has 8 nitrogen and oxygen atoms in total. The third-order valence-corrected chi connectivity index (χ3v) is 5.29. The predicted molar refractivity (Wildman–Crippen MR) is 96.4 cm³/mol. The van der Waals surface area contributed by atoms with E-state index in [1.54, 1.807) is 12.1 Å². The molecule has 0 atom stereocenters. The number of carboxylic acid groups (broad SMARTS) is 2. The zero-order chi connectivity index (χ0) is 18.8. The van der Waals surface area contributed by atoms with Crippen LogP contribution < -0.4 is 0 Å². The third-order valence-electron chi connectivity index (χ3n) is 3.32. The Labute approximate surface area is 152 Å². The molecular formula is C16H9N3O5S2. The molecule has 10 heteroatoms. The summed E-state index contributed by atoms with van der Waals surface area (Å²) in [5, 5.41) is 27.4. The van der Waals surface area contributed by atoms with E-state index in [0.717, 1.165) is 26.7 Å². The molecule has 130 valence electrons. The number of aromatic carboxylic acids is 2. The molecule has 0 aliphatic carbocycles. The maximum Gasteiger partial charge on any atom is 0.352 e. The smallest absolute Gasteiger partial charge is 0.352 e. The van der Waals surface area contributed by atoms with Gasteiger partial charge in [0.25, 0.3) is 0 Å². The normalized spacial score (nSPS) is 10.3. The second-order valence-corrected chi connectivity index (χ2v) is 7.17. The van der Waals surface area contributed by atoms with Crippen LogP contribution in [0.25, 0.3) is 20.4 Å². The highest BCUT2D eigenvalue weighted by atomic mass is 32.1. The van der Waals surface area contributed by atoms with E-state index in [2.05, 4.69) is 9.97 Å². The van der Waals surface area contributed by atoms with E-state index < -0.39 is 11.9 Å². The molecule has 4 aromatic heterocycles. The first-order chi connectivity index (χ1) is 12.4. The van der Waals surface area contributed by atoms with E-state index >= 15 is 0 Å². The molecule has 0 radical (unpaired) electrons. The molecule has 0 spiro atoms. The highest BCUT2D eigenvalue weighted by Gasteiger charge is 2.10. The lowest BCUT2D eigenvalue weighted by atomic mass is 10.3. The quantitative estimate of drug-likeness (QED) is 0.395. The number of nitrogens with one attached hydrogen (secondary N) is 2. The van der Waals surface area contributed by atoms with Crippen LogP contribution in [0.1, 0.15) is 35.5 Å². The lowest BCUT2D eigenvalue weighted by Gasteiger charge is -1.83. The number of hydrogen-bond acceptors (Lipinski definition) is 6. The molecule has 0 amide bonds. The van der Waals surface area contributed by atoms with Crippen LogP contribution in [0, 0.1) is 11.3 Å². The molecule has 0 aliphatic rings. The second-order valence-electron chi connectivity index (χ2n) is 5.03. The largest absolute Gasteiger partial charge is 0.477 e. The minimum absolute atomic E-state index is 0.152. The van der Waals surface area contributed by atoms with E-state index in [-0.39, 0.29) is 11.4 Å². The number of carbonyl (C=O) groups excluding carboxylic acids is 1. The zero-order valence-corrected chi connectivity index (χ0v) is 14.4. The summed E-state index contributed by atoms with van der Waals surface area (Å²) in [5.74, 6) is -1.97. The van der Waals surface area contributed by atoms with Crippen molar-refractivity contribution in [3.05, 3.63) is 45.4 Å². The third kappa shape index (κ3) is 3.34. The van der Waals surface area contributed by atoms with Gasteiger partial charge in [-0.05, 0) is 24.3 Å². The Morgan fingerprint density at radius 3 is 1.92 bits per heavy atom. The van der Waals surface area contributed by atoms with Crippen LogP contribution >= 0.6 is 22.7 Å². The van der Waals surface area contributed by atoms with Crippen molar-refractivity contribution in [3.8, 4) is 6.07 Å². The lowest BCUT2D eigenvalue weighted by Crippen LogP contribution is -1.94. The van der Waals surface area contributed by atoms with Gasteiger partial charge in [0.1, 0.15) is 32.0 Å². The average Bonchev–Trinajstić information content (AvgIpc) is 3.32. The number of aromatic amines is 2. The van der Waals surface area contributed by atoms with Crippen LogP contribution in [0.4, 0.5) is 0 Å². The summed E-state index contributed by atoms with van der Waals surface area (Å²) in [6.45, 7) is 0. The number of aromatic nitrogens is 2. The molecule has 0 aliphatic heterocycles. The van der Waals surface area contributed by atoms with Crippen LogP contribution in [0.5, 0.6) is 0 Å². The fraction of sp³-hybridized carbons (Fsp3) is 0. The molecule has 0 saturated carbocycles. The predicted octanol–water partition coefficient (Wildman–Crippen LogP) is 3.54. The van der Waals surface area contributed by atoms with Gasteiger partial charge < -0.3 is 20.2 Å². The van der Waals surface area contributed by atoms with E-state index in [0.29, 0.717) is 9.75 Å². The maximum absolute atomic E-state index is 10.5. The molecular weight excluding hydrogens is 378 g/mol. The summed E-state index contributed by atoms with van der Waals surface area (Å²) < 4.78 is 0. The Kier molecular flexibility index (Phi) is 4.57. The standard InChI is InChI=1S/C8H4N2O2S.C8H5NO3S/c9-3-5-1-4-2-6(8(11)12)10-7(4)13-5;10-3-5-1-4-2-6(8(11)12)9-7(4)13-5/h1-2,10H,(H,11,12);1-3,9H,(H,11,12). The summed E-state index contributed by atoms with van der Waals surface area (Å²) in [4.78, 5) is 39.5. The van der Waals surface area contributed by atoms with Gasteiger partial charge in [0.05, 0.1) is 4.88 Å². The summed E-state index contributed by atoms with van der Waals surface area (Å²) in [7, 11) is 0. The summed E-state index contributed by atoms with van der Waals surface area (Å²) >= 11 is 2.50. The Hall–Kier alpha value is -3.42. The van der Waals surface area contributed by atoms with E-state index in [4.69, 9.17) is 15.5 Å². The molecule has 0 unspecified atom stereocenters. The Morgan fingerprint density at radius 1 is 0.962 bits per heavy atom. The average molecular weight is 387 g/mol. The molecule has 0 aromatic carbocycles. The minimum Gasteiger partial charge on any atom is -0.477 e. The van der Waals surface area contributed by atoms with Gasteiger partial charge in [-0.3, -0.25) is 4.79 Å². The molecule has 4 aromatic rings. The van der Waals surface area contributed by atoms with Gasteiger partial charge >= 0.3 is 11.9 Å². The number of rotatable bonds is 3. The monoisotopic (exact) mass is 387 g/mol. The van der Waals surface area contributed by atoms with Crippen LogP contribution in [0.15, 0.2) is 24.3 Å². The van der Waals surface area contributed by atoms with Gasteiger partial charge in [0.2, 0.25) is 0 Å².